The Hall–Kier alpha value is -2.14. The standard InChI is InChI=1S/C13H13NO4/c1-13(17,12(15)16)8-18-10-5-4-9-3-2-6-14-11(9)7-10/h2-7,17H,8H2,1H3,(H,15,16). The van der Waals surface area contributed by atoms with Crippen LogP contribution in [-0.4, -0.2) is 33.4 Å². The van der Waals surface area contributed by atoms with Gasteiger partial charge in [-0.1, -0.05) is 6.07 Å². The molecule has 1 unspecified atom stereocenters. The summed E-state index contributed by atoms with van der Waals surface area (Å²) < 4.78 is 5.27. The second-order valence-corrected chi connectivity index (χ2v) is 4.23. The van der Waals surface area contributed by atoms with E-state index in [0.29, 0.717) is 5.75 Å². The second kappa shape index (κ2) is 4.62. The lowest BCUT2D eigenvalue weighted by molar-refractivity contribution is -0.159. The van der Waals surface area contributed by atoms with E-state index in [1.54, 1.807) is 18.3 Å². The van der Waals surface area contributed by atoms with Gasteiger partial charge >= 0.3 is 5.97 Å². The zero-order chi connectivity index (χ0) is 13.2. The van der Waals surface area contributed by atoms with Gasteiger partial charge in [-0.3, -0.25) is 4.98 Å². The summed E-state index contributed by atoms with van der Waals surface area (Å²) in [5.41, 5.74) is -1.15. The van der Waals surface area contributed by atoms with Gasteiger partial charge in [0.25, 0.3) is 0 Å². The maximum atomic E-state index is 10.7. The molecule has 94 valence electrons. The predicted molar refractivity (Wildman–Crippen MR) is 65.5 cm³/mol. The lowest BCUT2D eigenvalue weighted by Gasteiger charge is -2.18. The number of hydrogen-bond acceptors (Lipinski definition) is 4. The van der Waals surface area contributed by atoms with E-state index >= 15 is 0 Å². The number of aliphatic carboxylic acids is 1. The molecule has 2 N–H and O–H groups in total. The minimum atomic E-state index is -1.90. The molecular weight excluding hydrogens is 234 g/mol. The summed E-state index contributed by atoms with van der Waals surface area (Å²) >= 11 is 0. The van der Waals surface area contributed by atoms with Crippen molar-refractivity contribution in [2.75, 3.05) is 6.61 Å². The monoisotopic (exact) mass is 247 g/mol. The molecule has 0 saturated heterocycles. The number of carboxylic acid groups (broad SMARTS) is 1. The average molecular weight is 247 g/mol. The molecule has 0 amide bonds. The van der Waals surface area contributed by atoms with Crippen LogP contribution in [-0.2, 0) is 4.79 Å². The van der Waals surface area contributed by atoms with Crippen molar-refractivity contribution in [2.24, 2.45) is 0 Å². The molecule has 1 aromatic heterocycles. The Morgan fingerprint density at radius 2 is 2.22 bits per heavy atom. The van der Waals surface area contributed by atoms with Crippen molar-refractivity contribution >= 4 is 16.9 Å². The quantitative estimate of drug-likeness (QED) is 0.854. The fourth-order valence-electron chi connectivity index (χ4n) is 1.42. The molecule has 0 radical (unpaired) electrons. The molecule has 18 heavy (non-hydrogen) atoms. The SMILES string of the molecule is CC(O)(COc1ccc2cccnc2c1)C(=O)O. The van der Waals surface area contributed by atoms with Crippen molar-refractivity contribution < 1.29 is 19.7 Å². The zero-order valence-electron chi connectivity index (χ0n) is 9.83. The fraction of sp³-hybridized carbons (Fsp3) is 0.231. The highest BCUT2D eigenvalue weighted by Gasteiger charge is 2.30. The highest BCUT2D eigenvalue weighted by atomic mass is 16.5. The molecule has 2 rings (SSSR count). The maximum Gasteiger partial charge on any atom is 0.339 e. The number of nitrogens with zero attached hydrogens (tertiary/aromatic N) is 1. The highest BCUT2D eigenvalue weighted by molar-refractivity contribution is 5.79. The zero-order valence-corrected chi connectivity index (χ0v) is 9.83. The fourth-order valence-corrected chi connectivity index (χ4v) is 1.42. The summed E-state index contributed by atoms with van der Waals surface area (Å²) in [6.07, 6.45) is 1.67. The van der Waals surface area contributed by atoms with Crippen LogP contribution < -0.4 is 4.74 Å². The first kappa shape index (κ1) is 12.3. The van der Waals surface area contributed by atoms with Gasteiger partial charge in [0.2, 0.25) is 0 Å². The first-order valence-electron chi connectivity index (χ1n) is 5.42. The first-order chi connectivity index (χ1) is 8.49. The largest absolute Gasteiger partial charge is 0.490 e. The molecule has 0 spiro atoms. The van der Waals surface area contributed by atoms with Crippen LogP contribution in [0.3, 0.4) is 0 Å². The third kappa shape index (κ3) is 2.57. The molecule has 1 atom stereocenters. The van der Waals surface area contributed by atoms with Gasteiger partial charge in [-0.15, -0.1) is 0 Å². The van der Waals surface area contributed by atoms with Gasteiger partial charge in [-0.05, 0) is 25.1 Å². The molecule has 5 nitrogen and oxygen atoms in total. The van der Waals surface area contributed by atoms with Gasteiger partial charge in [-0.2, -0.15) is 0 Å². The Kier molecular flexibility index (Phi) is 3.16. The molecule has 0 bridgehead atoms. The summed E-state index contributed by atoms with van der Waals surface area (Å²) in [7, 11) is 0. The average Bonchev–Trinajstić information content (AvgIpc) is 2.36. The van der Waals surface area contributed by atoms with Crippen molar-refractivity contribution in [3.8, 4) is 5.75 Å². The summed E-state index contributed by atoms with van der Waals surface area (Å²) in [6.45, 7) is 0.870. The van der Waals surface area contributed by atoms with Gasteiger partial charge in [0.05, 0.1) is 5.52 Å². The molecular formula is C13H13NO4. The van der Waals surface area contributed by atoms with Crippen molar-refractivity contribution in [2.45, 2.75) is 12.5 Å². The van der Waals surface area contributed by atoms with Crippen LogP contribution >= 0.6 is 0 Å². The van der Waals surface area contributed by atoms with Crippen LogP contribution in [0.15, 0.2) is 36.5 Å². The molecule has 5 heteroatoms. The number of carbonyl (C=O) groups is 1. The first-order valence-corrected chi connectivity index (χ1v) is 5.42. The number of benzene rings is 1. The minimum absolute atomic E-state index is 0.319. The molecule has 0 aliphatic heterocycles. The molecule has 0 aliphatic rings. The van der Waals surface area contributed by atoms with E-state index in [-0.39, 0.29) is 6.61 Å². The van der Waals surface area contributed by atoms with E-state index < -0.39 is 11.6 Å². The van der Waals surface area contributed by atoms with Crippen LogP contribution in [0, 0.1) is 0 Å². The van der Waals surface area contributed by atoms with Crippen molar-refractivity contribution in [1.82, 2.24) is 4.98 Å². The van der Waals surface area contributed by atoms with Crippen LogP contribution in [0.2, 0.25) is 0 Å². The van der Waals surface area contributed by atoms with Gasteiger partial charge in [0, 0.05) is 17.6 Å². The minimum Gasteiger partial charge on any atom is -0.490 e. The lowest BCUT2D eigenvalue weighted by atomic mass is 10.1. The normalized spacial score (nSPS) is 14.1. The molecule has 1 aromatic carbocycles. The number of ether oxygens (including phenoxy) is 1. The molecule has 0 aliphatic carbocycles. The molecule has 2 aromatic rings. The van der Waals surface area contributed by atoms with E-state index in [1.807, 2.05) is 18.2 Å². The number of aromatic nitrogens is 1. The van der Waals surface area contributed by atoms with E-state index in [4.69, 9.17) is 9.84 Å². The van der Waals surface area contributed by atoms with Gasteiger partial charge in [-0.25, -0.2) is 4.79 Å². The Bertz CT molecular complexity index is 580. The Labute approximate surface area is 104 Å². The summed E-state index contributed by atoms with van der Waals surface area (Å²) in [4.78, 5) is 14.9. The summed E-state index contributed by atoms with van der Waals surface area (Å²) in [6, 6.07) is 8.99. The smallest absolute Gasteiger partial charge is 0.339 e. The van der Waals surface area contributed by atoms with Gasteiger partial charge in [0.1, 0.15) is 12.4 Å². The number of hydrogen-bond donors (Lipinski definition) is 2. The van der Waals surface area contributed by atoms with Crippen LogP contribution in [0.5, 0.6) is 5.75 Å². The summed E-state index contributed by atoms with van der Waals surface area (Å²) in [5.74, 6) is -0.843. The number of pyridine rings is 1. The third-order valence-electron chi connectivity index (χ3n) is 2.56. The van der Waals surface area contributed by atoms with Crippen molar-refractivity contribution in [3.63, 3.8) is 0 Å². The molecule has 1 heterocycles. The number of fused-ring (bicyclic) bond motifs is 1. The Morgan fingerprint density at radius 3 is 2.94 bits per heavy atom. The van der Waals surface area contributed by atoms with E-state index in [0.717, 1.165) is 10.9 Å². The highest BCUT2D eigenvalue weighted by Crippen LogP contribution is 2.19. The number of aliphatic hydroxyl groups is 1. The molecule has 0 saturated carbocycles. The predicted octanol–water partition coefficient (Wildman–Crippen LogP) is 1.45. The third-order valence-corrected chi connectivity index (χ3v) is 2.56. The second-order valence-electron chi connectivity index (χ2n) is 4.23. The topological polar surface area (TPSA) is 79.7 Å². The van der Waals surface area contributed by atoms with E-state index in [9.17, 15) is 9.90 Å². The van der Waals surface area contributed by atoms with Gasteiger partial charge < -0.3 is 14.9 Å². The van der Waals surface area contributed by atoms with Gasteiger partial charge in [0.15, 0.2) is 5.60 Å². The van der Waals surface area contributed by atoms with Crippen LogP contribution in [0.1, 0.15) is 6.92 Å². The summed E-state index contributed by atoms with van der Waals surface area (Å²) in [5, 5.41) is 19.2. The lowest BCUT2D eigenvalue weighted by Crippen LogP contribution is -2.41. The number of rotatable bonds is 4. The van der Waals surface area contributed by atoms with Crippen LogP contribution in [0.4, 0.5) is 0 Å². The molecule has 0 fully saturated rings. The Morgan fingerprint density at radius 1 is 1.44 bits per heavy atom. The Balaban J connectivity index is 2.15. The maximum absolute atomic E-state index is 10.7. The van der Waals surface area contributed by atoms with Crippen molar-refractivity contribution in [3.05, 3.63) is 36.5 Å². The van der Waals surface area contributed by atoms with Crippen LogP contribution in [0.25, 0.3) is 10.9 Å². The van der Waals surface area contributed by atoms with E-state index in [2.05, 4.69) is 4.98 Å². The van der Waals surface area contributed by atoms with Crippen molar-refractivity contribution in [1.29, 1.82) is 0 Å². The van der Waals surface area contributed by atoms with E-state index in [1.165, 1.54) is 6.92 Å². The number of carboxylic acids is 1.